The van der Waals surface area contributed by atoms with Gasteiger partial charge in [0, 0.05) is 6.21 Å². The average molecular weight is 362 g/mol. The van der Waals surface area contributed by atoms with E-state index in [-0.39, 0.29) is 23.0 Å². The van der Waals surface area contributed by atoms with Crippen LogP contribution in [0, 0.1) is 0 Å². The number of methoxy groups -OCH3 is 2. The van der Waals surface area contributed by atoms with Crippen LogP contribution >= 0.6 is 17.0 Å². The third-order valence-electron chi connectivity index (χ3n) is 3.84. The summed E-state index contributed by atoms with van der Waals surface area (Å²) < 4.78 is 10.7. The first kappa shape index (κ1) is 16.6. The predicted octanol–water partition coefficient (Wildman–Crippen LogP) is 3.87. The average Bonchev–Trinajstić information content (AvgIpc) is 2.54. The Morgan fingerprint density at radius 1 is 1.05 bits per heavy atom. The molecule has 1 atom stereocenters. The molecule has 0 N–H and O–H groups in total. The molecule has 0 radical (unpaired) electrons. The highest BCUT2D eigenvalue weighted by molar-refractivity contribution is 8.93. The molecular formula is C18H20BrNO2. The Morgan fingerprint density at radius 2 is 1.73 bits per heavy atom. The second-order valence-electron chi connectivity index (χ2n) is 5.23. The molecule has 116 valence electrons. The van der Waals surface area contributed by atoms with Crippen LogP contribution in [0.25, 0.3) is 0 Å². The van der Waals surface area contributed by atoms with Gasteiger partial charge in [-0.3, -0.25) is 4.99 Å². The fourth-order valence-corrected chi connectivity index (χ4v) is 2.74. The van der Waals surface area contributed by atoms with Gasteiger partial charge in [-0.1, -0.05) is 30.3 Å². The van der Waals surface area contributed by atoms with Crippen molar-refractivity contribution in [2.45, 2.75) is 18.9 Å². The maximum absolute atomic E-state index is 5.39. The van der Waals surface area contributed by atoms with Crippen LogP contribution in [-0.2, 0) is 12.8 Å². The lowest BCUT2D eigenvalue weighted by Gasteiger charge is -2.20. The molecule has 1 aliphatic heterocycles. The van der Waals surface area contributed by atoms with E-state index in [9.17, 15) is 0 Å². The van der Waals surface area contributed by atoms with Crippen molar-refractivity contribution < 1.29 is 9.47 Å². The van der Waals surface area contributed by atoms with Crippen molar-refractivity contribution in [1.82, 2.24) is 0 Å². The normalized spacial score (nSPS) is 15.6. The molecule has 0 aliphatic carbocycles. The number of rotatable bonds is 4. The minimum atomic E-state index is 0. The molecule has 3 nitrogen and oxygen atoms in total. The number of fused-ring (bicyclic) bond motifs is 1. The van der Waals surface area contributed by atoms with Gasteiger partial charge >= 0.3 is 0 Å². The Hall–Kier alpha value is -1.81. The first-order valence-corrected chi connectivity index (χ1v) is 7.12. The lowest BCUT2D eigenvalue weighted by Crippen LogP contribution is -2.18. The van der Waals surface area contributed by atoms with Crippen molar-refractivity contribution in [3.63, 3.8) is 0 Å². The van der Waals surface area contributed by atoms with Crippen molar-refractivity contribution >= 4 is 23.2 Å². The standard InChI is InChI=1S/C18H19NO2.BrH/c1-20-17-10-14-9-16(8-13-6-4-3-5-7-13)19-12-15(14)11-18(17)21-2;/h3-7,10-12,16H,8-9H2,1-2H3;1H. The maximum Gasteiger partial charge on any atom is 0.161 e. The van der Waals surface area contributed by atoms with E-state index in [1.807, 2.05) is 18.3 Å². The minimum Gasteiger partial charge on any atom is -0.493 e. The quantitative estimate of drug-likeness (QED) is 0.827. The fourth-order valence-electron chi connectivity index (χ4n) is 2.74. The second kappa shape index (κ2) is 7.45. The number of benzene rings is 2. The van der Waals surface area contributed by atoms with E-state index in [0.29, 0.717) is 0 Å². The van der Waals surface area contributed by atoms with Gasteiger partial charge in [-0.15, -0.1) is 17.0 Å². The molecule has 3 rings (SSSR count). The lowest BCUT2D eigenvalue weighted by atomic mass is 9.93. The van der Waals surface area contributed by atoms with E-state index in [1.165, 1.54) is 11.1 Å². The topological polar surface area (TPSA) is 30.8 Å². The molecule has 0 fully saturated rings. The van der Waals surface area contributed by atoms with Gasteiger partial charge in [-0.2, -0.15) is 0 Å². The zero-order valence-corrected chi connectivity index (χ0v) is 14.5. The monoisotopic (exact) mass is 361 g/mol. The van der Waals surface area contributed by atoms with Gasteiger partial charge in [0.05, 0.1) is 20.3 Å². The number of halogens is 1. The summed E-state index contributed by atoms with van der Waals surface area (Å²) in [5.74, 6) is 1.54. The summed E-state index contributed by atoms with van der Waals surface area (Å²) in [6.45, 7) is 0. The predicted molar refractivity (Wildman–Crippen MR) is 95.1 cm³/mol. The number of ether oxygens (including phenoxy) is 2. The SMILES string of the molecule is Br.COc1cc2c(cc1OC)CC(Cc1ccccc1)N=C2. The Morgan fingerprint density at radius 3 is 2.41 bits per heavy atom. The van der Waals surface area contributed by atoms with Gasteiger partial charge < -0.3 is 9.47 Å². The van der Waals surface area contributed by atoms with Crippen molar-refractivity contribution in [3.8, 4) is 11.5 Å². The van der Waals surface area contributed by atoms with E-state index >= 15 is 0 Å². The molecule has 2 aromatic carbocycles. The van der Waals surface area contributed by atoms with Crippen LogP contribution in [-0.4, -0.2) is 26.5 Å². The Bertz CT molecular complexity index is 656. The second-order valence-corrected chi connectivity index (χ2v) is 5.23. The molecule has 0 amide bonds. The maximum atomic E-state index is 5.39. The van der Waals surface area contributed by atoms with Crippen LogP contribution in [0.2, 0.25) is 0 Å². The van der Waals surface area contributed by atoms with Crippen molar-refractivity contribution in [3.05, 3.63) is 59.2 Å². The summed E-state index contributed by atoms with van der Waals surface area (Å²) in [5, 5.41) is 0. The molecule has 22 heavy (non-hydrogen) atoms. The van der Waals surface area contributed by atoms with E-state index in [2.05, 4.69) is 35.3 Å². The first-order valence-electron chi connectivity index (χ1n) is 7.12. The molecule has 0 saturated heterocycles. The van der Waals surface area contributed by atoms with Gasteiger partial charge in [0.15, 0.2) is 11.5 Å². The molecule has 1 unspecified atom stereocenters. The molecule has 1 heterocycles. The molecule has 1 aliphatic rings. The molecule has 0 bridgehead atoms. The summed E-state index contributed by atoms with van der Waals surface area (Å²) in [6.07, 6.45) is 3.85. The highest BCUT2D eigenvalue weighted by atomic mass is 79.9. The third kappa shape index (κ3) is 3.50. The van der Waals surface area contributed by atoms with Gasteiger partial charge in [-0.25, -0.2) is 0 Å². The van der Waals surface area contributed by atoms with Crippen LogP contribution in [0.3, 0.4) is 0 Å². The van der Waals surface area contributed by atoms with Crippen LogP contribution < -0.4 is 9.47 Å². The number of hydrogen-bond acceptors (Lipinski definition) is 3. The molecule has 0 aromatic heterocycles. The largest absolute Gasteiger partial charge is 0.493 e. The van der Waals surface area contributed by atoms with Crippen molar-refractivity contribution in [2.24, 2.45) is 4.99 Å². The minimum absolute atomic E-state index is 0. The van der Waals surface area contributed by atoms with Gasteiger partial charge in [0.25, 0.3) is 0 Å². The van der Waals surface area contributed by atoms with Crippen molar-refractivity contribution in [2.75, 3.05) is 14.2 Å². The molecule has 2 aromatic rings. The van der Waals surface area contributed by atoms with Crippen LogP contribution in [0.5, 0.6) is 11.5 Å². The van der Waals surface area contributed by atoms with E-state index < -0.39 is 0 Å². The molecule has 4 heteroatoms. The highest BCUT2D eigenvalue weighted by Crippen LogP contribution is 2.32. The lowest BCUT2D eigenvalue weighted by molar-refractivity contribution is 0.354. The van der Waals surface area contributed by atoms with Gasteiger partial charge in [-0.05, 0) is 41.7 Å². The first-order chi connectivity index (χ1) is 10.3. The molecule has 0 spiro atoms. The smallest absolute Gasteiger partial charge is 0.161 e. The summed E-state index contributed by atoms with van der Waals surface area (Å²) in [6, 6.07) is 14.8. The number of nitrogens with zero attached hydrogens (tertiary/aromatic N) is 1. The summed E-state index contributed by atoms with van der Waals surface area (Å²) >= 11 is 0. The zero-order chi connectivity index (χ0) is 14.7. The summed E-state index contributed by atoms with van der Waals surface area (Å²) in [7, 11) is 3.32. The third-order valence-corrected chi connectivity index (χ3v) is 3.84. The van der Waals surface area contributed by atoms with Gasteiger partial charge in [0.1, 0.15) is 0 Å². The summed E-state index contributed by atoms with van der Waals surface area (Å²) in [4.78, 5) is 4.68. The fraction of sp³-hybridized carbons (Fsp3) is 0.278. The number of hydrogen-bond donors (Lipinski definition) is 0. The number of aliphatic imine (C=N–C) groups is 1. The van der Waals surface area contributed by atoms with E-state index in [4.69, 9.17) is 9.47 Å². The van der Waals surface area contributed by atoms with E-state index in [0.717, 1.165) is 29.9 Å². The Labute approximate surface area is 141 Å². The molecular weight excluding hydrogens is 342 g/mol. The van der Waals surface area contributed by atoms with Crippen LogP contribution in [0.4, 0.5) is 0 Å². The highest BCUT2D eigenvalue weighted by Gasteiger charge is 2.18. The van der Waals surface area contributed by atoms with Crippen molar-refractivity contribution in [1.29, 1.82) is 0 Å². The van der Waals surface area contributed by atoms with Crippen LogP contribution in [0.1, 0.15) is 16.7 Å². The van der Waals surface area contributed by atoms with E-state index in [1.54, 1.807) is 14.2 Å². The Balaban J connectivity index is 0.00000176. The van der Waals surface area contributed by atoms with Crippen LogP contribution in [0.15, 0.2) is 47.5 Å². The zero-order valence-electron chi connectivity index (χ0n) is 12.8. The summed E-state index contributed by atoms with van der Waals surface area (Å²) in [5.41, 5.74) is 3.71. The van der Waals surface area contributed by atoms with Gasteiger partial charge in [0.2, 0.25) is 0 Å². The Kier molecular flexibility index (Phi) is 5.61. The molecule has 0 saturated carbocycles.